The van der Waals surface area contributed by atoms with Crippen LogP contribution in [0.15, 0.2) is 0 Å². The summed E-state index contributed by atoms with van der Waals surface area (Å²) in [4.78, 5) is 0. The number of nitrogens with zero attached hydrogens (tertiary/aromatic N) is 2. The van der Waals surface area contributed by atoms with E-state index in [2.05, 4.69) is 29.4 Å². The number of hydrogen-bond acceptors (Lipinski definition) is 4. The molecule has 100 valence electrons. The first kappa shape index (κ1) is 12.5. The first-order valence-electron chi connectivity index (χ1n) is 7.31. The van der Waals surface area contributed by atoms with Gasteiger partial charge in [-0.3, -0.25) is 0 Å². The van der Waals surface area contributed by atoms with Crippen molar-refractivity contribution in [3.05, 3.63) is 10.0 Å². The molecule has 0 amide bonds. The van der Waals surface area contributed by atoms with Gasteiger partial charge in [0.05, 0.1) is 0 Å². The van der Waals surface area contributed by atoms with E-state index in [1.165, 1.54) is 35.7 Å². The van der Waals surface area contributed by atoms with Crippen molar-refractivity contribution >= 4 is 11.3 Å². The van der Waals surface area contributed by atoms with Crippen LogP contribution in [0.2, 0.25) is 0 Å². The fourth-order valence-electron chi connectivity index (χ4n) is 3.32. The highest BCUT2D eigenvalue weighted by Crippen LogP contribution is 2.63. The summed E-state index contributed by atoms with van der Waals surface area (Å²) < 4.78 is 0. The number of nitrogens with one attached hydrogen (secondary N) is 1. The Labute approximate surface area is 113 Å². The third-order valence-corrected chi connectivity index (χ3v) is 5.38. The van der Waals surface area contributed by atoms with Gasteiger partial charge < -0.3 is 5.32 Å². The third kappa shape index (κ3) is 2.59. The molecule has 0 aliphatic heterocycles. The van der Waals surface area contributed by atoms with Crippen LogP contribution in [0.25, 0.3) is 0 Å². The van der Waals surface area contributed by atoms with Gasteiger partial charge in [0.15, 0.2) is 0 Å². The van der Waals surface area contributed by atoms with E-state index in [1.807, 2.05) is 11.3 Å². The van der Waals surface area contributed by atoms with Crippen molar-refractivity contribution in [1.82, 2.24) is 15.5 Å². The van der Waals surface area contributed by atoms with Crippen molar-refractivity contribution in [2.75, 3.05) is 6.54 Å². The van der Waals surface area contributed by atoms with Crippen molar-refractivity contribution in [2.45, 2.75) is 57.9 Å². The lowest BCUT2D eigenvalue weighted by Crippen LogP contribution is -2.23. The Bertz CT molecular complexity index is 391. The SMILES string of the molecule is CC(C)NCCCc1nnc(C2C3CCCC32)s1. The summed E-state index contributed by atoms with van der Waals surface area (Å²) in [6.45, 7) is 5.46. The highest BCUT2D eigenvalue weighted by atomic mass is 32.1. The predicted molar refractivity (Wildman–Crippen MR) is 74.9 cm³/mol. The van der Waals surface area contributed by atoms with Gasteiger partial charge in [-0.25, -0.2) is 0 Å². The maximum absolute atomic E-state index is 4.42. The molecule has 1 aromatic heterocycles. The van der Waals surface area contributed by atoms with Crippen molar-refractivity contribution in [2.24, 2.45) is 11.8 Å². The molecule has 1 heterocycles. The van der Waals surface area contributed by atoms with Gasteiger partial charge in [-0.1, -0.05) is 20.3 Å². The Morgan fingerprint density at radius 2 is 2.06 bits per heavy atom. The molecule has 0 saturated heterocycles. The molecule has 2 fully saturated rings. The van der Waals surface area contributed by atoms with Crippen molar-refractivity contribution in [3.8, 4) is 0 Å². The van der Waals surface area contributed by atoms with Crippen molar-refractivity contribution < 1.29 is 0 Å². The molecular formula is C14H23N3S. The van der Waals surface area contributed by atoms with Crippen molar-refractivity contribution in [3.63, 3.8) is 0 Å². The minimum absolute atomic E-state index is 0.584. The van der Waals surface area contributed by atoms with Gasteiger partial charge in [0.1, 0.15) is 10.0 Å². The molecule has 0 bridgehead atoms. The van der Waals surface area contributed by atoms with Gasteiger partial charge >= 0.3 is 0 Å². The highest BCUT2D eigenvalue weighted by molar-refractivity contribution is 7.11. The van der Waals surface area contributed by atoms with Crippen LogP contribution in [0, 0.1) is 11.8 Å². The largest absolute Gasteiger partial charge is 0.315 e. The summed E-state index contributed by atoms with van der Waals surface area (Å²) in [5.74, 6) is 2.72. The normalized spacial score (nSPS) is 29.8. The van der Waals surface area contributed by atoms with Gasteiger partial charge in [-0.15, -0.1) is 21.5 Å². The molecule has 3 rings (SSSR count). The number of aromatic nitrogens is 2. The first-order chi connectivity index (χ1) is 8.75. The van der Waals surface area contributed by atoms with Crippen molar-refractivity contribution in [1.29, 1.82) is 0 Å². The van der Waals surface area contributed by atoms with Crippen LogP contribution >= 0.6 is 11.3 Å². The number of fused-ring (bicyclic) bond motifs is 1. The lowest BCUT2D eigenvalue weighted by molar-refractivity contribution is 0.569. The summed E-state index contributed by atoms with van der Waals surface area (Å²) in [6, 6.07) is 0.584. The Morgan fingerprint density at radius 3 is 2.78 bits per heavy atom. The molecule has 2 saturated carbocycles. The van der Waals surface area contributed by atoms with E-state index in [4.69, 9.17) is 0 Å². The third-order valence-electron chi connectivity index (χ3n) is 4.29. The number of aryl methyl sites for hydroxylation is 1. The second kappa shape index (κ2) is 5.25. The minimum Gasteiger partial charge on any atom is -0.315 e. The van der Waals surface area contributed by atoms with E-state index < -0.39 is 0 Å². The van der Waals surface area contributed by atoms with Gasteiger partial charge in [0, 0.05) is 18.4 Å². The second-order valence-corrected chi connectivity index (χ2v) is 7.12. The Kier molecular flexibility index (Phi) is 3.66. The molecule has 2 aliphatic carbocycles. The smallest absolute Gasteiger partial charge is 0.121 e. The summed E-state index contributed by atoms with van der Waals surface area (Å²) in [5.41, 5.74) is 0. The summed E-state index contributed by atoms with van der Waals surface area (Å²) in [6.07, 6.45) is 6.56. The Balaban J connectivity index is 1.46. The summed E-state index contributed by atoms with van der Waals surface area (Å²) in [5, 5.41) is 14.8. The van der Waals surface area contributed by atoms with E-state index in [1.54, 1.807) is 0 Å². The average molecular weight is 265 g/mol. The van der Waals surface area contributed by atoms with E-state index in [0.717, 1.165) is 30.7 Å². The van der Waals surface area contributed by atoms with Crippen LogP contribution in [0.3, 0.4) is 0 Å². The zero-order valence-corrected chi connectivity index (χ0v) is 12.2. The van der Waals surface area contributed by atoms with Crippen LogP contribution in [-0.2, 0) is 6.42 Å². The number of rotatable bonds is 6. The van der Waals surface area contributed by atoms with Gasteiger partial charge in [0.2, 0.25) is 0 Å². The van der Waals surface area contributed by atoms with Gasteiger partial charge in [-0.2, -0.15) is 0 Å². The zero-order valence-electron chi connectivity index (χ0n) is 11.4. The van der Waals surface area contributed by atoms with Crippen LogP contribution in [0.5, 0.6) is 0 Å². The molecule has 2 unspecified atom stereocenters. The lowest BCUT2D eigenvalue weighted by Gasteiger charge is -2.05. The average Bonchev–Trinajstić information content (AvgIpc) is 2.75. The van der Waals surface area contributed by atoms with Gasteiger partial charge in [0.25, 0.3) is 0 Å². The maximum atomic E-state index is 4.42. The summed E-state index contributed by atoms with van der Waals surface area (Å²) in [7, 11) is 0. The molecule has 4 heteroatoms. The van der Waals surface area contributed by atoms with Gasteiger partial charge in [-0.05, 0) is 37.6 Å². The monoisotopic (exact) mass is 265 g/mol. The zero-order chi connectivity index (χ0) is 12.5. The lowest BCUT2D eigenvalue weighted by atomic mass is 10.1. The quantitative estimate of drug-likeness (QED) is 0.804. The second-order valence-electron chi connectivity index (χ2n) is 6.03. The molecule has 0 aromatic carbocycles. The van der Waals surface area contributed by atoms with Crippen LogP contribution in [0.4, 0.5) is 0 Å². The maximum Gasteiger partial charge on any atom is 0.121 e. The van der Waals surface area contributed by atoms with E-state index >= 15 is 0 Å². The highest BCUT2D eigenvalue weighted by Gasteiger charge is 2.54. The summed E-state index contributed by atoms with van der Waals surface area (Å²) >= 11 is 1.87. The van der Waals surface area contributed by atoms with Crippen LogP contribution in [-0.4, -0.2) is 22.8 Å². The van der Waals surface area contributed by atoms with E-state index in [0.29, 0.717) is 6.04 Å². The fourth-order valence-corrected chi connectivity index (χ4v) is 4.46. The molecule has 0 radical (unpaired) electrons. The molecule has 1 N–H and O–H groups in total. The van der Waals surface area contributed by atoms with E-state index in [9.17, 15) is 0 Å². The van der Waals surface area contributed by atoms with E-state index in [-0.39, 0.29) is 0 Å². The molecule has 2 atom stereocenters. The molecule has 1 aromatic rings. The number of hydrogen-bond donors (Lipinski definition) is 1. The minimum atomic E-state index is 0.584. The Hall–Kier alpha value is -0.480. The van der Waals surface area contributed by atoms with Crippen LogP contribution < -0.4 is 5.32 Å². The van der Waals surface area contributed by atoms with Crippen LogP contribution in [0.1, 0.15) is 55.5 Å². The first-order valence-corrected chi connectivity index (χ1v) is 8.13. The Morgan fingerprint density at radius 1 is 1.28 bits per heavy atom. The standard InChI is InChI=1S/C14H23N3S/c1-9(2)15-8-4-7-12-16-17-14(18-12)13-10-5-3-6-11(10)13/h9-11,13,15H,3-8H2,1-2H3. The molecule has 2 aliphatic rings. The molecule has 3 nitrogen and oxygen atoms in total. The molecular weight excluding hydrogens is 242 g/mol. The topological polar surface area (TPSA) is 37.8 Å². The fraction of sp³-hybridized carbons (Fsp3) is 0.857. The molecule has 18 heavy (non-hydrogen) atoms. The molecule has 0 spiro atoms. The predicted octanol–water partition coefficient (Wildman–Crippen LogP) is 2.98.